The van der Waals surface area contributed by atoms with Crippen molar-refractivity contribution in [2.24, 2.45) is 0 Å². The molecular formula is C20H25N5O3. The maximum absolute atomic E-state index is 12.7. The molecule has 8 heteroatoms. The molecule has 3 N–H and O–H groups in total. The van der Waals surface area contributed by atoms with Crippen molar-refractivity contribution in [1.29, 1.82) is 0 Å². The summed E-state index contributed by atoms with van der Waals surface area (Å²) in [5.74, 6) is 0.568. The van der Waals surface area contributed by atoms with Gasteiger partial charge in [-0.1, -0.05) is 12.1 Å². The number of aromatic nitrogens is 2. The predicted octanol–water partition coefficient (Wildman–Crippen LogP) is 1.65. The van der Waals surface area contributed by atoms with Crippen molar-refractivity contribution in [1.82, 2.24) is 15.1 Å². The minimum absolute atomic E-state index is 0.0339. The van der Waals surface area contributed by atoms with Crippen LogP contribution in [0.5, 0.6) is 5.75 Å². The van der Waals surface area contributed by atoms with Crippen molar-refractivity contribution in [3.63, 3.8) is 0 Å². The van der Waals surface area contributed by atoms with Crippen LogP contribution in [-0.4, -0.2) is 64.5 Å². The largest absolute Gasteiger partial charge is 0.507 e. The van der Waals surface area contributed by atoms with Crippen LogP contribution in [0.25, 0.3) is 11.3 Å². The van der Waals surface area contributed by atoms with Gasteiger partial charge in [-0.15, -0.1) is 10.2 Å². The molecule has 28 heavy (non-hydrogen) atoms. The van der Waals surface area contributed by atoms with Crippen molar-refractivity contribution >= 4 is 17.4 Å². The second kappa shape index (κ2) is 7.63. The number of piperazine rings is 1. The smallest absolute Gasteiger partial charge is 0.252 e. The van der Waals surface area contributed by atoms with Crippen LogP contribution in [0, 0.1) is 0 Å². The van der Waals surface area contributed by atoms with Gasteiger partial charge in [0.15, 0.2) is 5.82 Å². The van der Waals surface area contributed by atoms with Crippen LogP contribution in [0.15, 0.2) is 30.3 Å². The van der Waals surface area contributed by atoms with Crippen LogP contribution in [-0.2, 0) is 9.53 Å². The molecule has 0 saturated carbocycles. The summed E-state index contributed by atoms with van der Waals surface area (Å²) >= 11 is 0. The molecule has 8 nitrogen and oxygen atoms in total. The Morgan fingerprint density at radius 2 is 2.11 bits per heavy atom. The van der Waals surface area contributed by atoms with Gasteiger partial charge in [-0.25, -0.2) is 0 Å². The molecule has 3 heterocycles. The highest BCUT2D eigenvalue weighted by atomic mass is 16.5. The van der Waals surface area contributed by atoms with E-state index >= 15 is 0 Å². The van der Waals surface area contributed by atoms with Gasteiger partial charge < -0.3 is 25.4 Å². The number of para-hydroxylation sites is 1. The minimum Gasteiger partial charge on any atom is -0.507 e. The van der Waals surface area contributed by atoms with E-state index in [9.17, 15) is 9.90 Å². The first-order valence-electron chi connectivity index (χ1n) is 9.63. The van der Waals surface area contributed by atoms with E-state index in [1.807, 2.05) is 24.0 Å². The number of hydrogen-bond acceptors (Lipinski definition) is 7. The molecule has 2 aromatic rings. The number of nitrogens with zero attached hydrogens (tertiary/aromatic N) is 4. The first kappa shape index (κ1) is 18.5. The van der Waals surface area contributed by atoms with Gasteiger partial charge >= 0.3 is 0 Å². The number of rotatable bonds is 3. The number of aromatic hydroxyl groups is 1. The Hall–Kier alpha value is -2.87. The van der Waals surface area contributed by atoms with Crippen LogP contribution in [0.2, 0.25) is 0 Å². The molecule has 0 bridgehead atoms. The topological polar surface area (TPSA) is 105 Å². The molecule has 2 fully saturated rings. The number of ether oxygens (including phenoxy) is 1. The molecule has 2 aliphatic rings. The lowest BCUT2D eigenvalue weighted by molar-refractivity contribution is -0.143. The molecule has 148 valence electrons. The van der Waals surface area contributed by atoms with Crippen molar-refractivity contribution in [2.75, 3.05) is 36.9 Å². The van der Waals surface area contributed by atoms with Crippen molar-refractivity contribution in [3.05, 3.63) is 30.3 Å². The van der Waals surface area contributed by atoms with Gasteiger partial charge in [-0.05, 0) is 38.0 Å². The Bertz CT molecular complexity index is 869. The van der Waals surface area contributed by atoms with Gasteiger partial charge in [0.1, 0.15) is 11.9 Å². The second-order valence-corrected chi connectivity index (χ2v) is 7.35. The summed E-state index contributed by atoms with van der Waals surface area (Å²) in [5, 5.41) is 18.3. The first-order chi connectivity index (χ1) is 13.5. The van der Waals surface area contributed by atoms with Crippen molar-refractivity contribution < 1.29 is 14.6 Å². The minimum atomic E-state index is -0.297. The van der Waals surface area contributed by atoms with Crippen molar-refractivity contribution in [3.8, 4) is 17.0 Å². The normalized spacial score (nSPS) is 22.5. The van der Waals surface area contributed by atoms with E-state index in [0.29, 0.717) is 43.3 Å². The average molecular weight is 383 g/mol. The zero-order valence-corrected chi connectivity index (χ0v) is 15.9. The highest BCUT2D eigenvalue weighted by molar-refractivity contribution is 5.82. The van der Waals surface area contributed by atoms with Crippen LogP contribution in [0.3, 0.4) is 0 Å². The summed E-state index contributed by atoms with van der Waals surface area (Å²) in [5.41, 5.74) is 8.04. The number of nitrogen functional groups attached to an aromatic ring is 1. The van der Waals surface area contributed by atoms with E-state index in [0.717, 1.165) is 18.5 Å². The summed E-state index contributed by atoms with van der Waals surface area (Å²) in [4.78, 5) is 16.7. The fourth-order valence-corrected chi connectivity index (χ4v) is 3.93. The van der Waals surface area contributed by atoms with E-state index in [1.165, 1.54) is 0 Å². The second-order valence-electron chi connectivity index (χ2n) is 7.35. The molecule has 1 aromatic carbocycles. The number of phenols is 1. The monoisotopic (exact) mass is 383 g/mol. The number of carbonyl (C=O) groups excluding carboxylic acids is 1. The fourth-order valence-electron chi connectivity index (χ4n) is 3.93. The highest BCUT2D eigenvalue weighted by Crippen LogP contribution is 2.32. The Labute approximate surface area is 163 Å². The van der Waals surface area contributed by atoms with E-state index in [4.69, 9.17) is 10.5 Å². The number of carbonyl (C=O) groups is 1. The zero-order chi connectivity index (χ0) is 19.7. The number of hydrogen-bond donors (Lipinski definition) is 2. The zero-order valence-electron chi connectivity index (χ0n) is 15.9. The summed E-state index contributed by atoms with van der Waals surface area (Å²) in [6.07, 6.45) is 1.45. The van der Waals surface area contributed by atoms with Crippen LogP contribution < -0.4 is 10.6 Å². The molecule has 2 saturated heterocycles. The SMILES string of the molecule is C[C@@H]1CN(c2cc(-c3ccccc3O)nnc2N)CCN1C(=O)C1CCCO1. The molecule has 2 aliphatic heterocycles. The van der Waals surface area contributed by atoms with Gasteiger partial charge in [-0.3, -0.25) is 4.79 Å². The molecular weight excluding hydrogens is 358 g/mol. The molecule has 1 aromatic heterocycles. The number of phenolic OH excluding ortho intramolecular Hbond substituents is 1. The Kier molecular flexibility index (Phi) is 5.04. The molecule has 0 spiro atoms. The third-order valence-electron chi connectivity index (χ3n) is 5.44. The summed E-state index contributed by atoms with van der Waals surface area (Å²) in [7, 11) is 0. The standard InChI is InChI=1S/C20H25N5O3/c1-13-12-24(8-9-25(13)20(27)18-7-4-10-28-18)16-11-15(22-23-19(16)21)14-5-2-3-6-17(14)26/h2-3,5-6,11,13,18,26H,4,7-10,12H2,1H3,(H2,21,23)/t13-,18?/m1/s1. The van der Waals surface area contributed by atoms with E-state index in [-0.39, 0.29) is 23.8 Å². The van der Waals surface area contributed by atoms with Crippen LogP contribution in [0.4, 0.5) is 11.5 Å². The number of amides is 1. The van der Waals surface area contributed by atoms with Gasteiger partial charge in [0.05, 0.1) is 11.4 Å². The Morgan fingerprint density at radius 1 is 1.29 bits per heavy atom. The third-order valence-corrected chi connectivity index (χ3v) is 5.44. The van der Waals surface area contributed by atoms with E-state index in [2.05, 4.69) is 15.1 Å². The molecule has 0 aliphatic carbocycles. The summed E-state index contributed by atoms with van der Waals surface area (Å²) in [6, 6.07) is 8.89. The van der Waals surface area contributed by atoms with Gasteiger partial charge in [0, 0.05) is 37.8 Å². The van der Waals surface area contributed by atoms with E-state index < -0.39 is 0 Å². The highest BCUT2D eigenvalue weighted by Gasteiger charge is 2.34. The maximum atomic E-state index is 12.7. The van der Waals surface area contributed by atoms with Crippen LogP contribution in [0.1, 0.15) is 19.8 Å². The lowest BCUT2D eigenvalue weighted by atomic mass is 10.1. The summed E-state index contributed by atoms with van der Waals surface area (Å²) < 4.78 is 5.56. The molecule has 0 radical (unpaired) electrons. The number of nitrogens with two attached hydrogens (primary N) is 1. The van der Waals surface area contributed by atoms with Gasteiger partial charge in [0.25, 0.3) is 5.91 Å². The number of anilines is 2. The lowest BCUT2D eigenvalue weighted by Gasteiger charge is -2.41. The molecule has 1 amide bonds. The van der Waals surface area contributed by atoms with Crippen LogP contribution >= 0.6 is 0 Å². The van der Waals surface area contributed by atoms with Gasteiger partial charge in [0.2, 0.25) is 0 Å². The average Bonchev–Trinajstić information content (AvgIpc) is 3.23. The molecule has 1 unspecified atom stereocenters. The molecule has 4 rings (SSSR count). The first-order valence-corrected chi connectivity index (χ1v) is 9.63. The third kappa shape index (κ3) is 3.47. The van der Waals surface area contributed by atoms with Gasteiger partial charge in [-0.2, -0.15) is 0 Å². The lowest BCUT2D eigenvalue weighted by Crippen LogP contribution is -2.56. The molecule has 2 atom stereocenters. The Balaban J connectivity index is 1.53. The van der Waals surface area contributed by atoms with E-state index in [1.54, 1.807) is 18.2 Å². The summed E-state index contributed by atoms with van der Waals surface area (Å²) in [6.45, 7) is 4.61. The van der Waals surface area contributed by atoms with Crippen molar-refractivity contribution in [2.45, 2.75) is 31.9 Å². The Morgan fingerprint density at radius 3 is 2.82 bits per heavy atom. The quantitative estimate of drug-likeness (QED) is 0.830. The maximum Gasteiger partial charge on any atom is 0.252 e. The fraction of sp³-hybridized carbons (Fsp3) is 0.450. The predicted molar refractivity (Wildman–Crippen MR) is 106 cm³/mol. The number of benzene rings is 1.